The van der Waals surface area contributed by atoms with Crippen molar-refractivity contribution in [3.63, 3.8) is 0 Å². The molecule has 0 unspecified atom stereocenters. The molecule has 0 radical (unpaired) electrons. The van der Waals surface area contributed by atoms with Gasteiger partial charge in [-0.05, 0) is 13.3 Å². The zero-order valence-electron chi connectivity index (χ0n) is 8.97. The molecule has 0 aromatic carbocycles. The monoisotopic (exact) mass is 232 g/mol. The van der Waals surface area contributed by atoms with E-state index in [1.807, 2.05) is 0 Å². The van der Waals surface area contributed by atoms with Crippen molar-refractivity contribution in [3.05, 3.63) is 12.2 Å². The molecule has 0 aliphatic heterocycles. The van der Waals surface area contributed by atoms with Crippen LogP contribution in [0.2, 0.25) is 0 Å². The van der Waals surface area contributed by atoms with Gasteiger partial charge in [-0.3, -0.25) is 14.4 Å². The lowest BCUT2D eigenvalue weighted by Crippen LogP contribution is -2.30. The summed E-state index contributed by atoms with van der Waals surface area (Å²) in [5.74, 6) is -2.63. The molecular weight excluding hydrogens is 216 g/mol. The van der Waals surface area contributed by atoms with Crippen LogP contribution in [-0.4, -0.2) is 34.1 Å². The first-order valence-electron chi connectivity index (χ1n) is 4.34. The van der Waals surface area contributed by atoms with Gasteiger partial charge in [0.25, 0.3) is 0 Å². The predicted octanol–water partition coefficient (Wildman–Crippen LogP) is -0.689. The number of carbonyl (C=O) groups excluding carboxylic acids is 1. The van der Waals surface area contributed by atoms with Gasteiger partial charge >= 0.3 is 11.9 Å². The molecule has 0 aliphatic carbocycles. The Balaban J connectivity index is 0. The summed E-state index contributed by atoms with van der Waals surface area (Å²) < 4.78 is 0. The van der Waals surface area contributed by atoms with Gasteiger partial charge < -0.3 is 21.7 Å². The molecule has 0 heterocycles. The SMILES string of the molecule is C=C(C)C(N)=O.N[C@H](CCC(=O)O)C(=O)O. The molecule has 0 fully saturated rings. The highest BCUT2D eigenvalue weighted by Crippen LogP contribution is 1.93. The van der Waals surface area contributed by atoms with E-state index in [0.717, 1.165) is 0 Å². The summed E-state index contributed by atoms with van der Waals surface area (Å²) in [7, 11) is 0. The van der Waals surface area contributed by atoms with E-state index >= 15 is 0 Å². The Labute approximate surface area is 92.7 Å². The third-order valence-corrected chi connectivity index (χ3v) is 1.41. The van der Waals surface area contributed by atoms with Gasteiger partial charge in [0, 0.05) is 12.0 Å². The average Bonchev–Trinajstić information content (AvgIpc) is 2.14. The summed E-state index contributed by atoms with van der Waals surface area (Å²) in [5.41, 5.74) is 10.1. The van der Waals surface area contributed by atoms with Crippen molar-refractivity contribution in [1.29, 1.82) is 0 Å². The minimum atomic E-state index is -1.17. The standard InChI is InChI=1S/C5H9NO4.C4H7NO/c6-3(5(9)10)1-2-4(7)8;1-3(2)4(5)6/h3H,1-2,6H2,(H,7,8)(H,9,10);1H2,2H3,(H2,5,6)/t3-;/m1./s1. The predicted molar refractivity (Wildman–Crippen MR) is 56.5 cm³/mol. The summed E-state index contributed by atoms with van der Waals surface area (Å²) in [6.07, 6.45) is -0.224. The number of hydrogen-bond acceptors (Lipinski definition) is 4. The third-order valence-electron chi connectivity index (χ3n) is 1.41. The first kappa shape index (κ1) is 16.5. The number of rotatable bonds is 5. The number of carboxylic acid groups (broad SMARTS) is 2. The van der Waals surface area contributed by atoms with Crippen molar-refractivity contribution in [2.75, 3.05) is 0 Å². The molecule has 1 amide bonds. The summed E-state index contributed by atoms with van der Waals surface area (Å²) in [6, 6.07) is -1.06. The minimum absolute atomic E-state index is 0.0231. The van der Waals surface area contributed by atoms with Crippen LogP contribution in [0.1, 0.15) is 19.8 Å². The maximum absolute atomic E-state index is 9.99. The fourth-order valence-electron chi connectivity index (χ4n) is 0.402. The van der Waals surface area contributed by atoms with Gasteiger partial charge in [-0.25, -0.2) is 0 Å². The summed E-state index contributed by atoms with van der Waals surface area (Å²) in [4.78, 5) is 29.7. The van der Waals surface area contributed by atoms with Crippen LogP contribution in [0.15, 0.2) is 12.2 Å². The Morgan fingerprint density at radius 3 is 1.88 bits per heavy atom. The number of carbonyl (C=O) groups is 3. The molecule has 92 valence electrons. The molecule has 0 spiro atoms. The Morgan fingerprint density at radius 2 is 1.69 bits per heavy atom. The van der Waals surface area contributed by atoms with Crippen LogP contribution in [-0.2, 0) is 14.4 Å². The van der Waals surface area contributed by atoms with Crippen molar-refractivity contribution in [1.82, 2.24) is 0 Å². The Bertz CT molecular complexity index is 276. The minimum Gasteiger partial charge on any atom is -0.481 e. The molecule has 7 heteroatoms. The van der Waals surface area contributed by atoms with Gasteiger partial charge in [0.2, 0.25) is 5.91 Å². The lowest BCUT2D eigenvalue weighted by molar-refractivity contribution is -0.139. The van der Waals surface area contributed by atoms with Crippen LogP contribution in [0.4, 0.5) is 0 Å². The maximum atomic E-state index is 9.99. The highest BCUT2D eigenvalue weighted by atomic mass is 16.4. The van der Waals surface area contributed by atoms with Gasteiger partial charge in [-0.2, -0.15) is 0 Å². The van der Waals surface area contributed by atoms with Crippen molar-refractivity contribution in [2.24, 2.45) is 11.5 Å². The number of amides is 1. The second kappa shape index (κ2) is 8.42. The molecule has 0 bridgehead atoms. The van der Waals surface area contributed by atoms with E-state index < -0.39 is 23.9 Å². The van der Waals surface area contributed by atoms with Crippen molar-refractivity contribution < 1.29 is 24.6 Å². The molecule has 6 N–H and O–H groups in total. The maximum Gasteiger partial charge on any atom is 0.320 e. The van der Waals surface area contributed by atoms with Crippen molar-refractivity contribution in [3.8, 4) is 0 Å². The topological polar surface area (TPSA) is 144 Å². The molecule has 7 nitrogen and oxygen atoms in total. The van der Waals surface area contributed by atoms with Gasteiger partial charge in [0.05, 0.1) is 0 Å². The Hall–Kier alpha value is -1.89. The van der Waals surface area contributed by atoms with Gasteiger partial charge in [0.1, 0.15) is 6.04 Å². The van der Waals surface area contributed by atoms with E-state index in [-0.39, 0.29) is 12.8 Å². The number of primary amides is 1. The second-order valence-corrected chi connectivity index (χ2v) is 3.02. The number of nitrogens with two attached hydrogens (primary N) is 2. The molecule has 1 atom stereocenters. The van der Waals surface area contributed by atoms with Gasteiger partial charge in [0.15, 0.2) is 0 Å². The first-order chi connectivity index (χ1) is 7.18. The van der Waals surface area contributed by atoms with E-state index in [1.165, 1.54) is 0 Å². The number of carboxylic acids is 2. The lowest BCUT2D eigenvalue weighted by Gasteiger charge is -2.01. The molecule has 0 aromatic rings. The second-order valence-electron chi connectivity index (χ2n) is 3.02. The van der Waals surface area contributed by atoms with Crippen LogP contribution in [0.3, 0.4) is 0 Å². The quantitative estimate of drug-likeness (QED) is 0.462. The van der Waals surface area contributed by atoms with E-state index in [2.05, 4.69) is 6.58 Å². The van der Waals surface area contributed by atoms with E-state index in [1.54, 1.807) is 6.92 Å². The van der Waals surface area contributed by atoms with Gasteiger partial charge in [-0.15, -0.1) is 0 Å². The Kier molecular flexibility index (Phi) is 8.70. The molecule has 0 saturated carbocycles. The van der Waals surface area contributed by atoms with Crippen molar-refractivity contribution >= 4 is 17.8 Å². The molecule has 0 saturated heterocycles. The summed E-state index contributed by atoms with van der Waals surface area (Å²) in [5, 5.41) is 16.3. The van der Waals surface area contributed by atoms with E-state index in [4.69, 9.17) is 21.7 Å². The zero-order valence-corrected chi connectivity index (χ0v) is 8.97. The highest BCUT2D eigenvalue weighted by Gasteiger charge is 2.12. The molecule has 0 rings (SSSR count). The van der Waals surface area contributed by atoms with Crippen LogP contribution in [0.5, 0.6) is 0 Å². The van der Waals surface area contributed by atoms with E-state index in [0.29, 0.717) is 5.57 Å². The van der Waals surface area contributed by atoms with Crippen LogP contribution in [0.25, 0.3) is 0 Å². The number of aliphatic carboxylic acids is 2. The molecule has 0 aliphatic rings. The first-order valence-corrected chi connectivity index (χ1v) is 4.34. The normalized spacial score (nSPS) is 10.6. The van der Waals surface area contributed by atoms with Crippen LogP contribution < -0.4 is 11.5 Å². The fourth-order valence-corrected chi connectivity index (χ4v) is 0.402. The molecular formula is C9H16N2O5. The van der Waals surface area contributed by atoms with Crippen LogP contribution >= 0.6 is 0 Å². The lowest BCUT2D eigenvalue weighted by atomic mass is 10.2. The molecule has 16 heavy (non-hydrogen) atoms. The van der Waals surface area contributed by atoms with Crippen molar-refractivity contribution in [2.45, 2.75) is 25.8 Å². The average molecular weight is 232 g/mol. The number of hydrogen-bond donors (Lipinski definition) is 4. The van der Waals surface area contributed by atoms with Crippen LogP contribution in [0, 0.1) is 0 Å². The van der Waals surface area contributed by atoms with E-state index in [9.17, 15) is 14.4 Å². The Morgan fingerprint density at radius 1 is 1.31 bits per heavy atom. The molecule has 0 aromatic heterocycles. The zero-order chi connectivity index (χ0) is 13.3. The largest absolute Gasteiger partial charge is 0.481 e. The fraction of sp³-hybridized carbons (Fsp3) is 0.444. The summed E-state index contributed by atoms with van der Waals surface area (Å²) >= 11 is 0. The van der Waals surface area contributed by atoms with Gasteiger partial charge in [-0.1, -0.05) is 6.58 Å². The smallest absolute Gasteiger partial charge is 0.320 e. The third kappa shape index (κ3) is 12.1. The summed E-state index contributed by atoms with van der Waals surface area (Å²) in [6.45, 7) is 4.85. The highest BCUT2D eigenvalue weighted by molar-refractivity contribution is 5.90.